The quantitative estimate of drug-likeness (QED) is 0.0589. The van der Waals surface area contributed by atoms with Crippen molar-refractivity contribution in [3.05, 3.63) is 122 Å². The largest absolute Gasteiger partial charge is 1.00 e. The molecule has 6 rings (SSSR count). The van der Waals surface area contributed by atoms with Crippen molar-refractivity contribution in [3.63, 3.8) is 0 Å². The number of ketones is 1. The molecule has 15 nitrogen and oxygen atoms in total. The zero-order valence-electron chi connectivity index (χ0n) is 37.9. The first kappa shape index (κ1) is 53.2. The van der Waals surface area contributed by atoms with Crippen molar-refractivity contribution in [2.45, 2.75) is 40.0 Å². The first-order valence-electron chi connectivity index (χ1n) is 19.2. The Balaban J connectivity index is 0.000000366. The van der Waals surface area contributed by atoms with Gasteiger partial charge >= 0.3 is 29.6 Å². The maximum atomic E-state index is 11.8. The number of phenolic OH excluding ortho intramolecular Hbond substituents is 1. The van der Waals surface area contributed by atoms with Crippen LogP contribution in [0.5, 0.6) is 40.4 Å². The summed E-state index contributed by atoms with van der Waals surface area (Å²) in [6.07, 6.45) is 4.24. The van der Waals surface area contributed by atoms with Gasteiger partial charge in [0.15, 0.2) is 23.0 Å². The SMILES string of the molecule is CCC(=O)Cc1ccccc1O.CNC(=O)Cc1ccccc1Oc1nc(Nc2cc(C)c(OC)c(OC)c2)ncc1Br.COc1cc(Nc2ncc(Br)c(Cl)n2)cc(C)c1OC.[H-].[Na+]. The van der Waals surface area contributed by atoms with Crippen LogP contribution in [0.15, 0.2) is 94.1 Å². The number of rotatable bonds is 15. The Bertz CT molecular complexity index is 2530. The van der Waals surface area contributed by atoms with Crippen molar-refractivity contribution >= 4 is 78.4 Å². The van der Waals surface area contributed by atoms with E-state index in [1.165, 1.54) is 0 Å². The van der Waals surface area contributed by atoms with E-state index in [2.05, 4.69) is 67.7 Å². The van der Waals surface area contributed by atoms with Crippen LogP contribution in [-0.4, -0.2) is 72.2 Å². The Kier molecular flexibility index (Phi) is 22.1. The minimum Gasteiger partial charge on any atom is -1.00 e. The van der Waals surface area contributed by atoms with Crippen LogP contribution in [0.2, 0.25) is 5.15 Å². The number of carbonyl (C=O) groups excluding carboxylic acids is 2. The second-order valence-corrected chi connectivity index (χ2v) is 15.3. The molecule has 1 amide bonds. The second kappa shape index (κ2) is 26.6. The summed E-state index contributed by atoms with van der Waals surface area (Å²) in [5.74, 6) is 4.46. The normalized spacial score (nSPS) is 10.0. The molecule has 0 saturated carbocycles. The molecule has 64 heavy (non-hydrogen) atoms. The molecule has 0 unspecified atom stereocenters. The molecular weight excluding hydrogens is 985 g/mol. The number of nitrogens with one attached hydrogen (secondary N) is 3. The molecule has 334 valence electrons. The number of phenols is 1. The van der Waals surface area contributed by atoms with Crippen LogP contribution in [0.3, 0.4) is 0 Å². The number of aromatic nitrogens is 4. The summed E-state index contributed by atoms with van der Waals surface area (Å²) < 4.78 is 28.6. The zero-order chi connectivity index (χ0) is 46.1. The number of halogens is 3. The monoisotopic (exact) mass is 1030 g/mol. The van der Waals surface area contributed by atoms with Gasteiger partial charge in [0, 0.05) is 60.7 Å². The van der Waals surface area contributed by atoms with Gasteiger partial charge in [0.25, 0.3) is 0 Å². The third kappa shape index (κ3) is 15.5. The molecule has 2 heterocycles. The number of anilines is 4. The summed E-state index contributed by atoms with van der Waals surface area (Å²) in [6.45, 7) is 5.68. The topological polar surface area (TPSA) is 188 Å². The third-order valence-corrected chi connectivity index (χ3v) is 10.5. The Morgan fingerprint density at radius 1 is 0.719 bits per heavy atom. The standard InChI is InChI=1S/C22H23BrN4O4.C13H13BrClN3O2.C10H12O2.Na.H/c1-13-9-15(11-18(29-3)20(13)30-4)26-22-25-12-16(23)21(27-22)31-17-8-6-5-7-14(17)10-19(28)24-2;1-7-4-8(5-10(19-2)11(7)20-3)17-13-16-6-9(14)12(15)18-13;1-2-9(11)7-8-5-3-4-6-10(8)12;;/h5-9,11-12H,10H2,1-4H3,(H,24,28)(H,25,26,27);4-6H,1-3H3,(H,16,17,18);3-6,12H,2,7H2,1H3;;/q;;;+1;-1. The van der Waals surface area contributed by atoms with E-state index in [1.54, 1.807) is 78.2 Å². The molecule has 2 aromatic heterocycles. The van der Waals surface area contributed by atoms with Gasteiger partial charge in [-0.15, -0.1) is 0 Å². The fourth-order valence-electron chi connectivity index (χ4n) is 5.71. The van der Waals surface area contributed by atoms with E-state index in [0.29, 0.717) is 79.0 Å². The molecule has 0 atom stereocenters. The number of hydrogen-bond acceptors (Lipinski definition) is 14. The van der Waals surface area contributed by atoms with Crippen LogP contribution in [0.1, 0.15) is 37.0 Å². The number of carbonyl (C=O) groups is 2. The number of methoxy groups -OCH3 is 4. The first-order chi connectivity index (χ1) is 30.2. The molecule has 19 heteroatoms. The van der Waals surface area contributed by atoms with Crippen molar-refractivity contribution in [3.8, 4) is 40.4 Å². The molecule has 0 aliphatic carbocycles. The molecule has 0 saturated heterocycles. The van der Waals surface area contributed by atoms with Gasteiger partial charge in [0.1, 0.15) is 22.4 Å². The van der Waals surface area contributed by atoms with Crippen molar-refractivity contribution in [2.24, 2.45) is 0 Å². The molecule has 0 aliphatic heterocycles. The summed E-state index contributed by atoms with van der Waals surface area (Å²) in [4.78, 5) is 39.9. The maximum absolute atomic E-state index is 11.8. The second-order valence-electron chi connectivity index (χ2n) is 13.2. The number of benzene rings is 4. The van der Waals surface area contributed by atoms with Crippen molar-refractivity contribution < 1.29 is 69.4 Å². The average molecular weight is 1030 g/mol. The summed E-state index contributed by atoms with van der Waals surface area (Å²) in [5, 5.41) is 18.5. The van der Waals surface area contributed by atoms with E-state index >= 15 is 0 Å². The number of nitrogens with zero attached hydrogens (tertiary/aromatic N) is 4. The Hall–Kier alpha value is -5.17. The summed E-state index contributed by atoms with van der Waals surface area (Å²) in [6, 6.07) is 21.7. The Labute approximate surface area is 418 Å². The fraction of sp³-hybridized carbons (Fsp3) is 0.244. The molecule has 4 N–H and O–H groups in total. The van der Waals surface area contributed by atoms with Gasteiger partial charge in [0.05, 0.1) is 50.0 Å². The van der Waals surface area contributed by atoms with Gasteiger partial charge in [-0.25, -0.2) is 9.97 Å². The maximum Gasteiger partial charge on any atom is 1.00 e. The number of ether oxygens (including phenoxy) is 5. The van der Waals surface area contributed by atoms with Gasteiger partial charge < -0.3 is 46.2 Å². The number of hydrogen-bond donors (Lipinski definition) is 4. The molecule has 0 radical (unpaired) electrons. The van der Waals surface area contributed by atoms with Crippen LogP contribution >= 0.6 is 43.5 Å². The zero-order valence-corrected chi connectivity index (χ0v) is 42.9. The number of para-hydroxylation sites is 2. The molecular formula is C45H49Br2ClN7NaO8. The molecule has 0 aliphatic rings. The van der Waals surface area contributed by atoms with E-state index in [4.69, 9.17) is 35.3 Å². The van der Waals surface area contributed by atoms with E-state index in [9.17, 15) is 14.7 Å². The molecule has 6 aromatic rings. The number of likely N-dealkylation sites (N-methyl/N-ethyl adjacent to an activating group) is 1. The first-order valence-corrected chi connectivity index (χ1v) is 21.1. The summed E-state index contributed by atoms with van der Waals surface area (Å²) >= 11 is 12.6. The summed E-state index contributed by atoms with van der Waals surface area (Å²) in [7, 11) is 7.98. The number of amides is 1. The smallest absolute Gasteiger partial charge is 1.00 e. The van der Waals surface area contributed by atoms with Crippen LogP contribution < -0.4 is 69.2 Å². The fourth-order valence-corrected chi connectivity index (χ4v) is 6.31. The average Bonchev–Trinajstić information content (AvgIpc) is 3.27. The van der Waals surface area contributed by atoms with Gasteiger partial charge in [-0.2, -0.15) is 9.97 Å². The van der Waals surface area contributed by atoms with Crippen molar-refractivity contribution in [1.29, 1.82) is 0 Å². The van der Waals surface area contributed by atoms with E-state index < -0.39 is 0 Å². The number of aryl methyl sites for hydroxylation is 2. The molecule has 0 bridgehead atoms. The minimum atomic E-state index is -0.107. The minimum absolute atomic E-state index is 0. The van der Waals surface area contributed by atoms with E-state index in [1.807, 2.05) is 63.2 Å². The van der Waals surface area contributed by atoms with Crippen LogP contribution in [-0.2, 0) is 22.4 Å². The molecule has 0 spiro atoms. The van der Waals surface area contributed by atoms with E-state index in [0.717, 1.165) is 28.1 Å². The number of aromatic hydroxyl groups is 1. The van der Waals surface area contributed by atoms with Crippen molar-refractivity contribution in [2.75, 3.05) is 46.1 Å². The van der Waals surface area contributed by atoms with Crippen LogP contribution in [0, 0.1) is 13.8 Å². The summed E-state index contributed by atoms with van der Waals surface area (Å²) in [5.41, 5.74) is 4.84. The van der Waals surface area contributed by atoms with Crippen LogP contribution in [0.25, 0.3) is 0 Å². The Morgan fingerprint density at radius 3 is 1.73 bits per heavy atom. The van der Waals surface area contributed by atoms with Gasteiger partial charge in [0.2, 0.25) is 23.7 Å². The van der Waals surface area contributed by atoms with Gasteiger partial charge in [-0.3, -0.25) is 9.59 Å². The van der Waals surface area contributed by atoms with Gasteiger partial charge in [-0.1, -0.05) is 54.9 Å². The van der Waals surface area contributed by atoms with Gasteiger partial charge in [-0.05, 0) is 81.1 Å². The third-order valence-electron chi connectivity index (χ3n) is 8.84. The Morgan fingerprint density at radius 2 is 1.23 bits per heavy atom. The predicted molar refractivity (Wildman–Crippen MR) is 252 cm³/mol. The van der Waals surface area contributed by atoms with Crippen molar-refractivity contribution in [1.82, 2.24) is 25.3 Å². The van der Waals surface area contributed by atoms with E-state index in [-0.39, 0.29) is 54.8 Å². The molecule has 4 aromatic carbocycles. The predicted octanol–water partition coefficient (Wildman–Crippen LogP) is 7.38. The van der Waals surface area contributed by atoms with Crippen LogP contribution in [0.4, 0.5) is 23.3 Å². The molecule has 0 fully saturated rings. The number of Topliss-reactive ketones (excluding diaryl/α,β-unsaturated/α-hetero) is 1.